The van der Waals surface area contributed by atoms with Crippen LogP contribution in [0.3, 0.4) is 0 Å². The van der Waals surface area contributed by atoms with Crippen molar-refractivity contribution in [2.45, 2.75) is 19.6 Å². The van der Waals surface area contributed by atoms with Crippen LogP contribution in [-0.2, 0) is 20.9 Å². The average molecular weight is 368 g/mol. The van der Waals surface area contributed by atoms with Gasteiger partial charge < -0.3 is 19.5 Å². The first-order valence-electron chi connectivity index (χ1n) is 8.25. The largest absolute Gasteiger partial charge is 0.497 e. The minimum atomic E-state index is -0.885. The van der Waals surface area contributed by atoms with Crippen molar-refractivity contribution in [2.24, 2.45) is 0 Å². The number of hydrogen-bond acceptors (Lipinski definition) is 6. The predicted octanol–water partition coefficient (Wildman–Crippen LogP) is 2.19. The van der Waals surface area contributed by atoms with Gasteiger partial charge in [0.2, 0.25) is 0 Å². The molecule has 0 spiro atoms. The minimum Gasteiger partial charge on any atom is -0.497 e. The quantitative estimate of drug-likeness (QED) is 0.718. The summed E-state index contributed by atoms with van der Waals surface area (Å²) in [7, 11) is 1.57. The molecule has 0 aromatic heterocycles. The number of ether oxygens (including phenoxy) is 3. The summed E-state index contributed by atoms with van der Waals surface area (Å²) in [6, 6.07) is 15.6. The molecular weight excluding hydrogens is 348 g/mol. The van der Waals surface area contributed by atoms with Crippen LogP contribution >= 0.6 is 0 Å². The van der Waals surface area contributed by atoms with E-state index >= 15 is 0 Å². The third kappa shape index (κ3) is 6.36. The summed E-state index contributed by atoms with van der Waals surface area (Å²) < 4.78 is 15.5. The summed E-state index contributed by atoms with van der Waals surface area (Å²) in [5, 5.41) is 11.4. The highest BCUT2D eigenvalue weighted by Gasteiger charge is 2.17. The molecule has 140 valence electrons. The maximum atomic E-state index is 11.9. The second kappa shape index (κ2) is 9.82. The highest BCUT2D eigenvalue weighted by Crippen LogP contribution is 2.14. The zero-order valence-electron chi connectivity index (χ0n) is 15.1. The molecule has 0 aliphatic rings. The summed E-state index contributed by atoms with van der Waals surface area (Å²) >= 11 is 0. The Hall–Kier alpha value is -3.53. The summed E-state index contributed by atoms with van der Waals surface area (Å²) in [5.74, 6) is 0.0514. The number of hydrogen-bond donors (Lipinski definition) is 1. The molecule has 27 heavy (non-hydrogen) atoms. The Balaban J connectivity index is 1.74. The van der Waals surface area contributed by atoms with Crippen molar-refractivity contribution in [3.05, 3.63) is 59.7 Å². The Morgan fingerprint density at radius 3 is 2.56 bits per heavy atom. The van der Waals surface area contributed by atoms with E-state index in [0.717, 1.165) is 5.56 Å². The number of carbonyl (C=O) groups is 2. The SMILES string of the molecule is COc1cccc(CNC(=O)COC(=O)[C@H](C)Oc2ccc(C#N)cc2)c1. The number of esters is 1. The molecule has 7 heteroatoms. The average Bonchev–Trinajstić information content (AvgIpc) is 2.71. The van der Waals surface area contributed by atoms with Gasteiger partial charge in [0.05, 0.1) is 18.7 Å². The van der Waals surface area contributed by atoms with Crippen molar-refractivity contribution < 1.29 is 23.8 Å². The van der Waals surface area contributed by atoms with Crippen molar-refractivity contribution in [1.29, 1.82) is 5.26 Å². The van der Waals surface area contributed by atoms with Crippen LogP contribution in [0.15, 0.2) is 48.5 Å². The molecule has 0 radical (unpaired) electrons. The molecule has 0 bridgehead atoms. The van der Waals surface area contributed by atoms with Gasteiger partial charge in [0.25, 0.3) is 5.91 Å². The lowest BCUT2D eigenvalue weighted by Gasteiger charge is -2.14. The summed E-state index contributed by atoms with van der Waals surface area (Å²) in [5.41, 5.74) is 1.36. The fourth-order valence-electron chi connectivity index (χ4n) is 2.15. The van der Waals surface area contributed by atoms with Crippen molar-refractivity contribution in [2.75, 3.05) is 13.7 Å². The van der Waals surface area contributed by atoms with Crippen LogP contribution in [0.4, 0.5) is 0 Å². The van der Waals surface area contributed by atoms with E-state index in [1.54, 1.807) is 37.4 Å². The first-order chi connectivity index (χ1) is 13.0. The van der Waals surface area contributed by atoms with Crippen LogP contribution < -0.4 is 14.8 Å². The van der Waals surface area contributed by atoms with Crippen molar-refractivity contribution >= 4 is 11.9 Å². The monoisotopic (exact) mass is 368 g/mol. The molecule has 0 saturated carbocycles. The minimum absolute atomic E-state index is 0.297. The summed E-state index contributed by atoms with van der Waals surface area (Å²) in [6.07, 6.45) is -0.885. The number of nitrogens with zero attached hydrogens (tertiary/aromatic N) is 1. The smallest absolute Gasteiger partial charge is 0.347 e. The number of carbonyl (C=O) groups excluding carboxylic acids is 2. The number of nitrogens with one attached hydrogen (secondary N) is 1. The van der Waals surface area contributed by atoms with E-state index in [0.29, 0.717) is 23.6 Å². The first kappa shape index (κ1) is 19.8. The van der Waals surface area contributed by atoms with Crippen LogP contribution in [0.2, 0.25) is 0 Å². The van der Waals surface area contributed by atoms with Crippen LogP contribution in [0.5, 0.6) is 11.5 Å². The molecule has 0 saturated heterocycles. The van der Waals surface area contributed by atoms with E-state index in [1.807, 2.05) is 24.3 Å². The maximum absolute atomic E-state index is 11.9. The maximum Gasteiger partial charge on any atom is 0.347 e. The van der Waals surface area contributed by atoms with Gasteiger partial charge in [0.15, 0.2) is 12.7 Å². The van der Waals surface area contributed by atoms with E-state index in [4.69, 9.17) is 19.5 Å². The van der Waals surface area contributed by atoms with Crippen molar-refractivity contribution in [1.82, 2.24) is 5.32 Å². The van der Waals surface area contributed by atoms with Gasteiger partial charge in [-0.2, -0.15) is 5.26 Å². The molecule has 1 atom stereocenters. The Kier molecular flexibility index (Phi) is 7.20. The fraction of sp³-hybridized carbons (Fsp3) is 0.250. The van der Waals surface area contributed by atoms with E-state index in [1.165, 1.54) is 6.92 Å². The number of amides is 1. The zero-order valence-corrected chi connectivity index (χ0v) is 15.1. The van der Waals surface area contributed by atoms with Gasteiger partial charge in [-0.25, -0.2) is 4.79 Å². The van der Waals surface area contributed by atoms with Crippen LogP contribution in [0.1, 0.15) is 18.1 Å². The van der Waals surface area contributed by atoms with Crippen molar-refractivity contribution in [3.8, 4) is 17.6 Å². The van der Waals surface area contributed by atoms with Gasteiger partial charge in [-0.1, -0.05) is 12.1 Å². The molecule has 2 rings (SSSR count). The molecule has 0 aliphatic heterocycles. The van der Waals surface area contributed by atoms with E-state index in [-0.39, 0.29) is 0 Å². The Labute approximate surface area is 157 Å². The van der Waals surface area contributed by atoms with Crippen LogP contribution in [-0.4, -0.2) is 31.7 Å². The molecule has 0 fully saturated rings. The lowest BCUT2D eigenvalue weighted by Crippen LogP contribution is -2.32. The molecule has 2 aromatic rings. The summed E-state index contributed by atoms with van der Waals surface area (Å²) in [6.45, 7) is 1.42. The molecule has 0 aliphatic carbocycles. The number of nitriles is 1. The molecule has 1 N–H and O–H groups in total. The Morgan fingerprint density at radius 1 is 1.15 bits per heavy atom. The Bertz CT molecular complexity index is 827. The van der Waals surface area contributed by atoms with Gasteiger partial charge in [-0.15, -0.1) is 0 Å². The van der Waals surface area contributed by atoms with Gasteiger partial charge >= 0.3 is 5.97 Å². The number of methoxy groups -OCH3 is 1. The van der Waals surface area contributed by atoms with Crippen molar-refractivity contribution in [3.63, 3.8) is 0 Å². The molecule has 7 nitrogen and oxygen atoms in total. The second-order valence-corrected chi connectivity index (χ2v) is 5.63. The van der Waals surface area contributed by atoms with Crippen LogP contribution in [0, 0.1) is 11.3 Å². The van der Waals surface area contributed by atoms with E-state index < -0.39 is 24.6 Å². The number of rotatable bonds is 8. The highest BCUT2D eigenvalue weighted by molar-refractivity contribution is 5.82. The molecule has 2 aromatic carbocycles. The number of benzene rings is 2. The van der Waals surface area contributed by atoms with E-state index in [9.17, 15) is 9.59 Å². The molecular formula is C20H20N2O5. The topological polar surface area (TPSA) is 97.7 Å². The highest BCUT2D eigenvalue weighted by atomic mass is 16.6. The Morgan fingerprint density at radius 2 is 1.89 bits per heavy atom. The molecule has 0 heterocycles. The lowest BCUT2D eigenvalue weighted by molar-refractivity contribution is -0.154. The third-order valence-corrected chi connectivity index (χ3v) is 3.60. The van der Waals surface area contributed by atoms with Gasteiger partial charge in [-0.05, 0) is 48.9 Å². The normalized spacial score (nSPS) is 11.0. The standard InChI is InChI=1S/C20H20N2O5/c1-14(27-17-8-6-15(11-21)7-9-17)20(24)26-13-19(23)22-12-16-4-3-5-18(10-16)25-2/h3-10,14H,12-13H2,1-2H3,(H,22,23)/t14-/m0/s1. The zero-order chi connectivity index (χ0) is 19.6. The van der Waals surface area contributed by atoms with Gasteiger partial charge in [0, 0.05) is 6.54 Å². The van der Waals surface area contributed by atoms with Gasteiger partial charge in [-0.3, -0.25) is 4.79 Å². The van der Waals surface area contributed by atoms with E-state index in [2.05, 4.69) is 5.32 Å². The predicted molar refractivity (Wildman–Crippen MR) is 97.0 cm³/mol. The molecule has 0 unspecified atom stereocenters. The first-order valence-corrected chi connectivity index (χ1v) is 8.25. The fourth-order valence-corrected chi connectivity index (χ4v) is 2.15. The van der Waals surface area contributed by atoms with Crippen LogP contribution in [0.25, 0.3) is 0 Å². The lowest BCUT2D eigenvalue weighted by atomic mass is 10.2. The van der Waals surface area contributed by atoms with Gasteiger partial charge in [0.1, 0.15) is 11.5 Å². The summed E-state index contributed by atoms with van der Waals surface area (Å²) in [4.78, 5) is 23.8. The molecule has 1 amide bonds. The second-order valence-electron chi connectivity index (χ2n) is 5.63. The third-order valence-electron chi connectivity index (χ3n) is 3.60.